The monoisotopic (exact) mass is 254 g/mol. The lowest BCUT2D eigenvalue weighted by atomic mass is 10.2. The van der Waals surface area contributed by atoms with Gasteiger partial charge in [-0.3, -0.25) is 4.79 Å². The van der Waals surface area contributed by atoms with Gasteiger partial charge in [-0.25, -0.2) is 4.79 Å². The van der Waals surface area contributed by atoms with Gasteiger partial charge in [0.1, 0.15) is 0 Å². The van der Waals surface area contributed by atoms with Crippen LogP contribution in [0.5, 0.6) is 0 Å². The number of carbonyl (C=O) groups excluding carboxylic acids is 2. The first-order chi connectivity index (χ1) is 8.69. The van der Waals surface area contributed by atoms with Crippen molar-refractivity contribution in [1.29, 1.82) is 0 Å². The van der Waals surface area contributed by atoms with Crippen molar-refractivity contribution in [2.24, 2.45) is 0 Å². The number of nitrogens with one attached hydrogen (secondary N) is 2. The van der Waals surface area contributed by atoms with E-state index in [1.807, 2.05) is 6.92 Å². The van der Waals surface area contributed by atoms with Gasteiger partial charge < -0.3 is 19.8 Å². The van der Waals surface area contributed by atoms with Crippen molar-refractivity contribution in [2.45, 2.75) is 19.9 Å². The first-order valence-corrected chi connectivity index (χ1v) is 5.81. The summed E-state index contributed by atoms with van der Waals surface area (Å²) in [6, 6.07) is 1.70. The molecule has 1 rings (SSSR count). The highest BCUT2D eigenvalue weighted by molar-refractivity contribution is 5.87. The predicted molar refractivity (Wildman–Crippen MR) is 65.1 cm³/mol. The van der Waals surface area contributed by atoms with Crippen molar-refractivity contribution in [3.05, 3.63) is 23.7 Å². The van der Waals surface area contributed by atoms with Gasteiger partial charge in [-0.05, 0) is 13.0 Å². The van der Waals surface area contributed by atoms with Gasteiger partial charge in [-0.1, -0.05) is 0 Å². The fourth-order valence-electron chi connectivity index (χ4n) is 1.46. The minimum Gasteiger partial charge on any atom is -0.463 e. The van der Waals surface area contributed by atoms with Crippen LogP contribution in [0.4, 0.5) is 0 Å². The number of esters is 1. The Morgan fingerprint density at radius 1 is 1.44 bits per heavy atom. The molecule has 0 spiro atoms. The molecule has 6 nitrogen and oxygen atoms in total. The van der Waals surface area contributed by atoms with Crippen LogP contribution in [0.3, 0.4) is 0 Å². The number of methoxy groups -OCH3 is 1. The van der Waals surface area contributed by atoms with E-state index in [0.717, 1.165) is 5.56 Å². The molecule has 1 aromatic heterocycles. The standard InChI is InChI=1S/C12H18N2O4/c1-3-14-10(15)4-6-13-8-9-5-7-18-11(9)12(16)17-2/h5,7,13H,3-4,6,8H2,1-2H3,(H,14,15). The van der Waals surface area contributed by atoms with Gasteiger partial charge in [0, 0.05) is 31.6 Å². The SMILES string of the molecule is CCNC(=O)CCNCc1ccoc1C(=O)OC. The van der Waals surface area contributed by atoms with E-state index in [0.29, 0.717) is 26.1 Å². The Morgan fingerprint density at radius 3 is 2.89 bits per heavy atom. The van der Waals surface area contributed by atoms with Gasteiger partial charge in [0.15, 0.2) is 0 Å². The van der Waals surface area contributed by atoms with Crippen LogP contribution in [0.2, 0.25) is 0 Å². The van der Waals surface area contributed by atoms with E-state index in [-0.39, 0.29) is 11.7 Å². The molecular weight excluding hydrogens is 236 g/mol. The maximum absolute atomic E-state index is 11.3. The molecule has 18 heavy (non-hydrogen) atoms. The van der Waals surface area contributed by atoms with Gasteiger partial charge in [-0.2, -0.15) is 0 Å². The fourth-order valence-corrected chi connectivity index (χ4v) is 1.46. The Morgan fingerprint density at radius 2 is 2.22 bits per heavy atom. The van der Waals surface area contributed by atoms with Crippen LogP contribution in [-0.2, 0) is 16.1 Å². The number of rotatable bonds is 7. The largest absolute Gasteiger partial charge is 0.463 e. The molecule has 2 N–H and O–H groups in total. The summed E-state index contributed by atoms with van der Waals surface area (Å²) in [4.78, 5) is 22.5. The van der Waals surface area contributed by atoms with E-state index < -0.39 is 5.97 Å². The molecule has 100 valence electrons. The summed E-state index contributed by atoms with van der Waals surface area (Å²) < 4.78 is 9.63. The molecule has 0 aliphatic carbocycles. The zero-order valence-electron chi connectivity index (χ0n) is 10.6. The van der Waals surface area contributed by atoms with Crippen molar-refractivity contribution in [2.75, 3.05) is 20.2 Å². The van der Waals surface area contributed by atoms with Crippen molar-refractivity contribution in [3.63, 3.8) is 0 Å². The quantitative estimate of drug-likeness (QED) is 0.552. The lowest BCUT2D eigenvalue weighted by Gasteiger charge is -2.04. The molecule has 0 saturated heterocycles. The van der Waals surface area contributed by atoms with Gasteiger partial charge in [0.05, 0.1) is 13.4 Å². The van der Waals surface area contributed by atoms with Crippen molar-refractivity contribution >= 4 is 11.9 Å². The minimum absolute atomic E-state index is 0.00499. The Bertz CT molecular complexity index is 401. The summed E-state index contributed by atoms with van der Waals surface area (Å²) in [5.74, 6) is -0.297. The number of hydrogen-bond donors (Lipinski definition) is 2. The first kappa shape index (κ1) is 14.2. The van der Waals surface area contributed by atoms with Gasteiger partial charge in [-0.15, -0.1) is 0 Å². The third-order valence-corrected chi connectivity index (χ3v) is 2.34. The number of carbonyl (C=O) groups is 2. The van der Waals surface area contributed by atoms with E-state index in [2.05, 4.69) is 15.4 Å². The molecule has 1 amide bonds. The summed E-state index contributed by atoms with van der Waals surface area (Å²) in [6.45, 7) is 3.50. The molecule has 0 bridgehead atoms. The van der Waals surface area contributed by atoms with Crippen LogP contribution in [0.1, 0.15) is 29.5 Å². The molecular formula is C12H18N2O4. The van der Waals surface area contributed by atoms with Crippen LogP contribution in [0, 0.1) is 0 Å². The van der Waals surface area contributed by atoms with Crippen molar-refractivity contribution in [3.8, 4) is 0 Å². The minimum atomic E-state index is -0.500. The van der Waals surface area contributed by atoms with Crippen LogP contribution < -0.4 is 10.6 Å². The second-order valence-electron chi connectivity index (χ2n) is 3.65. The summed E-state index contributed by atoms with van der Waals surface area (Å²) in [7, 11) is 1.30. The molecule has 6 heteroatoms. The Balaban J connectivity index is 2.33. The number of hydrogen-bond acceptors (Lipinski definition) is 5. The summed E-state index contributed by atoms with van der Waals surface area (Å²) in [6.07, 6.45) is 1.84. The zero-order valence-corrected chi connectivity index (χ0v) is 10.6. The highest BCUT2D eigenvalue weighted by Crippen LogP contribution is 2.11. The van der Waals surface area contributed by atoms with Crippen LogP contribution in [-0.4, -0.2) is 32.1 Å². The summed E-state index contributed by atoms with van der Waals surface area (Å²) in [5.41, 5.74) is 0.720. The molecule has 1 aromatic rings. The van der Waals surface area contributed by atoms with Gasteiger partial charge in [0.25, 0.3) is 0 Å². The van der Waals surface area contributed by atoms with E-state index in [1.54, 1.807) is 6.07 Å². The maximum atomic E-state index is 11.3. The van der Waals surface area contributed by atoms with Crippen molar-refractivity contribution in [1.82, 2.24) is 10.6 Å². The van der Waals surface area contributed by atoms with E-state index >= 15 is 0 Å². The van der Waals surface area contributed by atoms with Crippen LogP contribution in [0.25, 0.3) is 0 Å². The Labute approximate surface area is 106 Å². The molecule has 0 fully saturated rings. The average Bonchev–Trinajstić information content (AvgIpc) is 2.82. The normalized spacial score (nSPS) is 10.1. The van der Waals surface area contributed by atoms with Gasteiger partial charge >= 0.3 is 5.97 Å². The second kappa shape index (κ2) is 7.50. The third-order valence-electron chi connectivity index (χ3n) is 2.34. The van der Waals surface area contributed by atoms with Crippen LogP contribution >= 0.6 is 0 Å². The zero-order chi connectivity index (χ0) is 13.4. The maximum Gasteiger partial charge on any atom is 0.374 e. The molecule has 1 heterocycles. The lowest BCUT2D eigenvalue weighted by Crippen LogP contribution is -2.27. The van der Waals surface area contributed by atoms with Gasteiger partial charge in [0.2, 0.25) is 11.7 Å². The molecule has 0 aromatic carbocycles. The molecule has 0 atom stereocenters. The smallest absolute Gasteiger partial charge is 0.374 e. The average molecular weight is 254 g/mol. The first-order valence-electron chi connectivity index (χ1n) is 5.81. The Kier molecular flexibility index (Phi) is 5.93. The molecule has 0 aliphatic heterocycles. The highest BCUT2D eigenvalue weighted by atomic mass is 16.5. The second-order valence-corrected chi connectivity index (χ2v) is 3.65. The highest BCUT2D eigenvalue weighted by Gasteiger charge is 2.15. The molecule has 0 aliphatic rings. The lowest BCUT2D eigenvalue weighted by molar-refractivity contribution is -0.120. The number of ether oxygens (including phenoxy) is 1. The third kappa shape index (κ3) is 4.21. The fraction of sp³-hybridized carbons (Fsp3) is 0.500. The summed E-state index contributed by atoms with van der Waals surface area (Å²) >= 11 is 0. The van der Waals surface area contributed by atoms with E-state index in [1.165, 1.54) is 13.4 Å². The van der Waals surface area contributed by atoms with E-state index in [9.17, 15) is 9.59 Å². The predicted octanol–water partition coefficient (Wildman–Crippen LogP) is 0.682. The van der Waals surface area contributed by atoms with E-state index in [4.69, 9.17) is 4.42 Å². The van der Waals surface area contributed by atoms with Crippen LogP contribution in [0.15, 0.2) is 16.7 Å². The topological polar surface area (TPSA) is 80.6 Å². The number of furan rings is 1. The number of amides is 1. The summed E-state index contributed by atoms with van der Waals surface area (Å²) in [5, 5.41) is 5.77. The molecule has 0 saturated carbocycles. The molecule has 0 unspecified atom stereocenters. The Hall–Kier alpha value is -1.82. The molecule has 0 radical (unpaired) electrons. The van der Waals surface area contributed by atoms with Crippen molar-refractivity contribution < 1.29 is 18.7 Å².